The molecule has 3 fully saturated rings. The van der Waals surface area contributed by atoms with Gasteiger partial charge in [0.15, 0.2) is 5.82 Å². The minimum atomic E-state index is -5.08. The molecule has 216 valence electrons. The van der Waals surface area contributed by atoms with E-state index < -0.39 is 39.4 Å². The van der Waals surface area contributed by atoms with Crippen LogP contribution in [-0.2, 0) is 19.6 Å². The molecule has 1 saturated carbocycles. The van der Waals surface area contributed by atoms with Gasteiger partial charge in [-0.15, -0.1) is 11.3 Å². The van der Waals surface area contributed by atoms with Crippen LogP contribution >= 0.6 is 11.3 Å². The van der Waals surface area contributed by atoms with Crippen molar-refractivity contribution in [3.63, 3.8) is 0 Å². The normalized spacial score (nSPS) is 22.7. The van der Waals surface area contributed by atoms with Gasteiger partial charge in [0.25, 0.3) is 0 Å². The number of benzene rings is 1. The van der Waals surface area contributed by atoms with E-state index in [1.807, 2.05) is 13.8 Å². The molecule has 1 aliphatic carbocycles. The topological polar surface area (TPSA) is 178 Å². The molecular weight excluding hydrogens is 575 g/mol. The minimum absolute atomic E-state index is 0.132. The van der Waals surface area contributed by atoms with Crippen molar-refractivity contribution in [1.82, 2.24) is 19.7 Å². The number of aryl methyl sites for hydroxylation is 2. The zero-order chi connectivity index (χ0) is 29.7. The number of aliphatic hydroxyl groups is 1. The summed E-state index contributed by atoms with van der Waals surface area (Å²) in [6, 6.07) is 4.93. The fourth-order valence-electron chi connectivity index (χ4n) is 4.67. The second kappa shape index (κ2) is 10.3. The summed E-state index contributed by atoms with van der Waals surface area (Å²) in [7, 11) is -3.82. The highest BCUT2D eigenvalue weighted by molar-refractivity contribution is 7.89. The van der Waals surface area contributed by atoms with Crippen LogP contribution in [-0.4, -0.2) is 69.6 Å². The number of aliphatic hydroxyl groups excluding tert-OH is 1. The maximum atomic E-state index is 13.2. The Morgan fingerprint density at radius 2 is 1.88 bits per heavy atom. The molecule has 2 bridgehead atoms. The first-order valence-electron chi connectivity index (χ1n) is 11.8. The number of alkyl halides is 3. The number of sulfonamides is 1. The van der Waals surface area contributed by atoms with E-state index in [0.717, 1.165) is 15.4 Å². The van der Waals surface area contributed by atoms with Crippen molar-refractivity contribution in [1.29, 1.82) is 0 Å². The van der Waals surface area contributed by atoms with Gasteiger partial charge in [-0.3, -0.25) is 0 Å². The number of hydrogen-bond donors (Lipinski definition) is 4. The van der Waals surface area contributed by atoms with E-state index in [1.165, 1.54) is 11.3 Å². The van der Waals surface area contributed by atoms with Crippen molar-refractivity contribution >= 4 is 33.1 Å². The first-order valence-corrected chi connectivity index (χ1v) is 14.1. The van der Waals surface area contributed by atoms with Crippen LogP contribution in [0.15, 0.2) is 35.5 Å². The smallest absolute Gasteiger partial charge is 0.475 e. The van der Waals surface area contributed by atoms with E-state index in [1.54, 1.807) is 37.5 Å². The van der Waals surface area contributed by atoms with Crippen molar-refractivity contribution in [3.05, 3.63) is 41.2 Å². The minimum Gasteiger partial charge on any atom is -0.475 e. The number of rotatable bonds is 6. The number of fused-ring (bicyclic) bond motifs is 1. The Labute approximate surface area is 231 Å². The molecule has 11 nitrogen and oxygen atoms in total. The lowest BCUT2D eigenvalue weighted by molar-refractivity contribution is -0.192. The Morgan fingerprint density at radius 3 is 2.40 bits per heavy atom. The molecule has 0 amide bonds. The van der Waals surface area contributed by atoms with E-state index in [-0.39, 0.29) is 17.3 Å². The Kier molecular flexibility index (Phi) is 7.70. The Bertz CT molecular complexity index is 1550. The SMILES string of the molecule is Cc1ncc(-c2nc(-c3cc(S(=O)(=O)NC45COC(C(C)O)(C4)C5)ccc3C)cnc2N)s1.O=C(O)C(F)(F)F. The number of hydrogen-bond acceptors (Lipinski definition) is 10. The number of nitrogens with zero attached hydrogens (tertiary/aromatic N) is 3. The van der Waals surface area contributed by atoms with Gasteiger partial charge < -0.3 is 20.7 Å². The van der Waals surface area contributed by atoms with Crippen LogP contribution in [0.5, 0.6) is 0 Å². The molecule has 2 aliphatic heterocycles. The molecule has 6 rings (SSSR count). The highest BCUT2D eigenvalue weighted by atomic mass is 32.2. The molecule has 16 heteroatoms. The van der Waals surface area contributed by atoms with Crippen LogP contribution in [0.4, 0.5) is 19.0 Å². The molecule has 0 radical (unpaired) electrons. The first-order chi connectivity index (χ1) is 18.5. The highest BCUT2D eigenvalue weighted by Gasteiger charge is 2.65. The van der Waals surface area contributed by atoms with Gasteiger partial charge in [0.1, 0.15) is 5.69 Å². The van der Waals surface area contributed by atoms with Gasteiger partial charge in [0, 0.05) is 24.6 Å². The van der Waals surface area contributed by atoms with Gasteiger partial charge in [-0.05, 0) is 38.5 Å². The largest absolute Gasteiger partial charge is 0.490 e. The molecule has 40 heavy (non-hydrogen) atoms. The summed E-state index contributed by atoms with van der Waals surface area (Å²) >= 11 is 1.46. The molecule has 4 heterocycles. The first kappa shape index (κ1) is 29.8. The predicted molar refractivity (Wildman–Crippen MR) is 139 cm³/mol. The fraction of sp³-hybridized carbons (Fsp3) is 0.417. The molecule has 3 aromatic rings. The highest BCUT2D eigenvalue weighted by Crippen LogP contribution is 2.53. The zero-order valence-electron chi connectivity index (χ0n) is 21.5. The van der Waals surface area contributed by atoms with Gasteiger partial charge in [0.2, 0.25) is 10.0 Å². The molecule has 2 saturated heterocycles. The summed E-state index contributed by atoms with van der Waals surface area (Å²) in [6.07, 6.45) is -1.57. The van der Waals surface area contributed by atoms with E-state index in [4.69, 9.17) is 20.4 Å². The molecule has 3 aliphatic rings. The fourth-order valence-corrected chi connectivity index (χ4v) is 6.85. The number of anilines is 1. The molecule has 5 N–H and O–H groups in total. The van der Waals surface area contributed by atoms with Crippen molar-refractivity contribution < 1.29 is 41.3 Å². The number of aromatic nitrogens is 3. The van der Waals surface area contributed by atoms with Gasteiger partial charge in [-0.2, -0.15) is 13.2 Å². The number of carboxylic acid groups (broad SMARTS) is 1. The molecule has 1 unspecified atom stereocenters. The van der Waals surface area contributed by atoms with Crippen LogP contribution in [0.1, 0.15) is 30.3 Å². The Morgan fingerprint density at radius 1 is 1.23 bits per heavy atom. The number of ether oxygens (including phenoxy) is 1. The predicted octanol–water partition coefficient (Wildman–Crippen LogP) is 3.06. The molecule has 1 aromatic carbocycles. The number of nitrogen functional groups attached to an aromatic ring is 1. The summed E-state index contributed by atoms with van der Waals surface area (Å²) in [6.45, 7) is 5.71. The van der Waals surface area contributed by atoms with Crippen molar-refractivity contribution in [2.75, 3.05) is 12.3 Å². The number of carboxylic acids is 1. The lowest BCUT2D eigenvalue weighted by Gasteiger charge is -2.46. The van der Waals surface area contributed by atoms with Crippen molar-refractivity contribution in [3.8, 4) is 21.8 Å². The number of halogens is 3. The third-order valence-electron chi connectivity index (χ3n) is 6.72. The lowest BCUT2D eigenvalue weighted by atomic mass is 9.67. The van der Waals surface area contributed by atoms with Crippen LogP contribution in [0, 0.1) is 13.8 Å². The van der Waals surface area contributed by atoms with Crippen LogP contribution in [0.3, 0.4) is 0 Å². The molecular formula is C24H26F3N5O6S2. The summed E-state index contributed by atoms with van der Waals surface area (Å²) in [4.78, 5) is 23.1. The van der Waals surface area contributed by atoms with Gasteiger partial charge >= 0.3 is 12.1 Å². The summed E-state index contributed by atoms with van der Waals surface area (Å²) in [5.74, 6) is -2.47. The van der Waals surface area contributed by atoms with Crippen molar-refractivity contribution in [2.45, 2.75) is 61.9 Å². The quantitative estimate of drug-likeness (QED) is 0.328. The zero-order valence-corrected chi connectivity index (χ0v) is 23.1. The maximum Gasteiger partial charge on any atom is 0.490 e. The van der Waals surface area contributed by atoms with Gasteiger partial charge in [-0.1, -0.05) is 6.07 Å². The van der Waals surface area contributed by atoms with E-state index in [2.05, 4.69) is 19.7 Å². The third-order valence-corrected chi connectivity index (χ3v) is 9.21. The standard InChI is InChI=1S/C22H25N5O4S2.C2HF3O2/c1-12-4-5-15(33(29,30)27-21-9-22(10-21,13(2)28)31-11-21)6-16(12)17-7-25-20(23)19(26-17)18-8-24-14(3)32-18;3-2(4,5)1(6)7/h4-8,13,27-28H,9-11H2,1-3H3,(H2,23,25);(H,6,7). The van der Waals surface area contributed by atoms with Crippen LogP contribution in [0.2, 0.25) is 0 Å². The number of nitrogens with two attached hydrogens (primary N) is 1. The third kappa shape index (κ3) is 5.81. The Balaban J connectivity index is 0.000000470. The van der Waals surface area contributed by atoms with Gasteiger partial charge in [-0.25, -0.2) is 32.9 Å². The second-order valence-electron chi connectivity index (χ2n) is 9.78. The molecule has 2 aromatic heterocycles. The van der Waals surface area contributed by atoms with Crippen molar-refractivity contribution in [2.24, 2.45) is 0 Å². The van der Waals surface area contributed by atoms with Crippen LogP contribution in [0.25, 0.3) is 21.8 Å². The summed E-state index contributed by atoms with van der Waals surface area (Å²) < 4.78 is 66.8. The van der Waals surface area contributed by atoms with E-state index in [0.29, 0.717) is 29.8 Å². The average molecular weight is 602 g/mol. The number of carbonyl (C=O) groups is 1. The molecule has 0 spiro atoms. The summed E-state index contributed by atoms with van der Waals surface area (Å²) in [5, 5.41) is 18.0. The molecule has 1 atom stereocenters. The maximum absolute atomic E-state index is 13.2. The number of aliphatic carboxylic acids is 1. The Hall–Kier alpha value is -3.18. The average Bonchev–Trinajstić information content (AvgIpc) is 3.53. The summed E-state index contributed by atoms with van der Waals surface area (Å²) in [5.41, 5.74) is 7.29. The second-order valence-corrected chi connectivity index (χ2v) is 12.7. The lowest BCUT2D eigenvalue weighted by Crippen LogP contribution is -2.62. The van der Waals surface area contributed by atoms with Gasteiger partial charge in [0.05, 0.1) is 50.5 Å². The van der Waals surface area contributed by atoms with E-state index >= 15 is 0 Å². The number of nitrogens with one attached hydrogen (secondary N) is 1. The van der Waals surface area contributed by atoms with Crippen LogP contribution < -0.4 is 10.5 Å². The van der Waals surface area contributed by atoms with E-state index in [9.17, 15) is 26.7 Å². The number of thiazole rings is 1. The monoisotopic (exact) mass is 601 g/mol.